The molecule has 0 radical (unpaired) electrons. The van der Waals surface area contributed by atoms with Crippen LogP contribution in [0.25, 0.3) is 0 Å². The molecule has 0 saturated heterocycles. The molecule has 114 valence electrons. The summed E-state index contributed by atoms with van der Waals surface area (Å²) in [4.78, 5) is 19.1. The fourth-order valence-corrected chi connectivity index (χ4v) is 1.15. The number of carbonyl (C=O) groups is 1. The van der Waals surface area contributed by atoms with E-state index >= 15 is 0 Å². The summed E-state index contributed by atoms with van der Waals surface area (Å²) < 4.78 is 0. The molecule has 0 aliphatic carbocycles. The second-order valence-corrected chi connectivity index (χ2v) is 3.71. The highest BCUT2D eigenvalue weighted by Gasteiger charge is 2.20. The number of nitro groups is 1. The maximum absolute atomic E-state index is 10.8. The number of phenols is 1. The number of aryl methyl sites for hydroxylation is 1. The van der Waals surface area contributed by atoms with Crippen LogP contribution in [0.2, 0.25) is 0 Å². The number of hydrogen-bond acceptors (Lipinski definition) is 6. The average Bonchev–Trinajstić information content (AvgIpc) is 2.32. The maximum Gasteiger partial charge on any atom is 0.319 e. The number of rotatable bonds is 3. The Balaban J connectivity index is 0.000000885. The molecule has 10 heteroatoms. The van der Waals surface area contributed by atoms with E-state index in [0.717, 1.165) is 13.1 Å². The van der Waals surface area contributed by atoms with Crippen LogP contribution >= 0.6 is 0 Å². The van der Waals surface area contributed by atoms with Crippen molar-refractivity contribution < 1.29 is 19.9 Å². The van der Waals surface area contributed by atoms with Gasteiger partial charge in [0.1, 0.15) is 0 Å². The molecule has 10 nitrogen and oxygen atoms in total. The Kier molecular flexibility index (Phi) is 6.87. The Morgan fingerprint density at radius 1 is 1.43 bits per heavy atom. The first-order valence-electron chi connectivity index (χ1n) is 5.45. The van der Waals surface area contributed by atoms with E-state index in [2.05, 4.69) is 10.2 Å². The second-order valence-electron chi connectivity index (χ2n) is 3.71. The number of carboxylic acid groups (broad SMARTS) is 1. The predicted molar refractivity (Wildman–Crippen MR) is 76.2 cm³/mol. The highest BCUT2D eigenvalue weighted by Crippen LogP contribution is 2.31. The first kappa shape index (κ1) is 17.8. The summed E-state index contributed by atoms with van der Waals surface area (Å²) in [5.41, 5.74) is 10.2. The van der Waals surface area contributed by atoms with Gasteiger partial charge in [-0.3, -0.25) is 14.9 Å². The van der Waals surface area contributed by atoms with Crippen LogP contribution in [0.3, 0.4) is 0 Å². The number of nitro benzene ring substituents is 1. The maximum atomic E-state index is 10.8. The molecule has 0 fully saturated rings. The fourth-order valence-electron chi connectivity index (χ4n) is 1.15. The number of nitrogens with two attached hydrogens (primary N) is 2. The fraction of sp³-hybridized carbons (Fsp3) is 0.182. The molecular weight excluding hydrogens is 282 g/mol. The molecule has 0 amide bonds. The lowest BCUT2D eigenvalue weighted by atomic mass is 10.1. The molecule has 0 aliphatic rings. The van der Waals surface area contributed by atoms with Crippen molar-refractivity contribution in [3.63, 3.8) is 0 Å². The van der Waals surface area contributed by atoms with E-state index in [0.29, 0.717) is 5.56 Å². The minimum atomic E-state index is -0.833. The van der Waals surface area contributed by atoms with Gasteiger partial charge in [0.2, 0.25) is 5.96 Å². The highest BCUT2D eigenvalue weighted by atomic mass is 16.6. The van der Waals surface area contributed by atoms with Gasteiger partial charge >= 0.3 is 5.69 Å². The van der Waals surface area contributed by atoms with Gasteiger partial charge in [0, 0.05) is 6.92 Å². The zero-order valence-electron chi connectivity index (χ0n) is 11.3. The van der Waals surface area contributed by atoms with Gasteiger partial charge in [-0.05, 0) is 18.6 Å². The molecule has 0 bridgehead atoms. The van der Waals surface area contributed by atoms with E-state index in [1.54, 1.807) is 6.92 Å². The van der Waals surface area contributed by atoms with Gasteiger partial charge in [-0.25, -0.2) is 0 Å². The molecule has 0 aliphatic heterocycles. The van der Waals surface area contributed by atoms with E-state index in [1.807, 2.05) is 0 Å². The zero-order valence-corrected chi connectivity index (χ0v) is 11.3. The number of aromatic hydroxyl groups is 1. The number of guanidine groups is 1. The number of hydrogen-bond donors (Lipinski definition) is 4. The van der Waals surface area contributed by atoms with E-state index < -0.39 is 22.3 Å². The van der Waals surface area contributed by atoms with Gasteiger partial charge in [0.05, 0.1) is 16.7 Å². The summed E-state index contributed by atoms with van der Waals surface area (Å²) in [6, 6.07) is 2.97. The standard InChI is InChI=1S/C9H11N5O3.C2H4O2/c1-5-2-3-6(4-12-13-9(10)11)7(8(5)15)14(16)17;1-2(3)4/h2-4,15H,1H3,(H4,10,11,13);1H3,(H,3,4)/b12-4+;. The first-order valence-corrected chi connectivity index (χ1v) is 5.45. The van der Waals surface area contributed by atoms with Crippen LogP contribution in [-0.4, -0.2) is 33.3 Å². The summed E-state index contributed by atoms with van der Waals surface area (Å²) in [7, 11) is 0. The third-order valence-corrected chi connectivity index (χ3v) is 1.94. The molecule has 0 spiro atoms. The van der Waals surface area contributed by atoms with Crippen LogP contribution < -0.4 is 11.5 Å². The molecular formula is C11H15N5O5. The number of aliphatic carboxylic acids is 1. The van der Waals surface area contributed by atoms with Crippen molar-refractivity contribution in [2.75, 3.05) is 0 Å². The summed E-state index contributed by atoms with van der Waals surface area (Å²) in [6.45, 7) is 2.64. The van der Waals surface area contributed by atoms with Crippen molar-refractivity contribution in [1.82, 2.24) is 0 Å². The van der Waals surface area contributed by atoms with Crippen LogP contribution in [0.1, 0.15) is 18.1 Å². The molecule has 0 heterocycles. The van der Waals surface area contributed by atoms with Gasteiger partial charge < -0.3 is 21.7 Å². The van der Waals surface area contributed by atoms with E-state index in [9.17, 15) is 15.2 Å². The van der Waals surface area contributed by atoms with Crippen molar-refractivity contribution in [3.8, 4) is 5.75 Å². The Bertz CT molecular complexity index is 589. The van der Waals surface area contributed by atoms with E-state index in [4.69, 9.17) is 21.4 Å². The normalized spacial score (nSPS) is 9.62. The third kappa shape index (κ3) is 6.52. The van der Waals surface area contributed by atoms with Crippen LogP contribution in [0.4, 0.5) is 5.69 Å². The lowest BCUT2D eigenvalue weighted by molar-refractivity contribution is -0.386. The smallest absolute Gasteiger partial charge is 0.319 e. The molecule has 0 atom stereocenters. The molecule has 0 aromatic heterocycles. The lowest BCUT2D eigenvalue weighted by Crippen LogP contribution is -2.21. The molecule has 1 rings (SSSR count). The van der Waals surface area contributed by atoms with Gasteiger partial charge in [-0.2, -0.15) is 5.10 Å². The summed E-state index contributed by atoms with van der Waals surface area (Å²) in [5.74, 6) is -1.50. The Hall–Kier alpha value is -3.17. The minimum Gasteiger partial charge on any atom is -0.502 e. The Morgan fingerprint density at radius 3 is 2.38 bits per heavy atom. The third-order valence-electron chi connectivity index (χ3n) is 1.94. The van der Waals surface area contributed by atoms with Crippen molar-refractivity contribution in [2.24, 2.45) is 21.7 Å². The van der Waals surface area contributed by atoms with Crippen molar-refractivity contribution in [1.29, 1.82) is 0 Å². The lowest BCUT2D eigenvalue weighted by Gasteiger charge is -2.02. The summed E-state index contributed by atoms with van der Waals surface area (Å²) >= 11 is 0. The monoisotopic (exact) mass is 297 g/mol. The number of phenolic OH excluding ortho intramolecular Hbond substituents is 1. The van der Waals surface area contributed by atoms with Gasteiger partial charge in [-0.15, -0.1) is 5.10 Å². The second kappa shape index (κ2) is 8.09. The summed E-state index contributed by atoms with van der Waals surface area (Å²) in [6.07, 6.45) is 1.09. The molecule has 6 N–H and O–H groups in total. The van der Waals surface area contributed by atoms with Crippen LogP contribution in [0.5, 0.6) is 5.75 Å². The molecule has 0 saturated carbocycles. The largest absolute Gasteiger partial charge is 0.502 e. The van der Waals surface area contributed by atoms with Gasteiger partial charge in [0.25, 0.3) is 5.97 Å². The first-order chi connectivity index (χ1) is 9.66. The van der Waals surface area contributed by atoms with Gasteiger partial charge in [-0.1, -0.05) is 6.07 Å². The Labute approximate surface area is 119 Å². The SMILES string of the molecule is CC(=O)O.Cc1ccc(/C=N/N=C(N)N)c([N+](=O)[O-])c1O. The van der Waals surface area contributed by atoms with Gasteiger partial charge in [0.15, 0.2) is 5.75 Å². The molecule has 1 aromatic rings. The van der Waals surface area contributed by atoms with Crippen molar-refractivity contribution >= 4 is 23.8 Å². The Morgan fingerprint density at radius 2 is 1.95 bits per heavy atom. The predicted octanol–water partition coefficient (Wildman–Crippen LogP) is 0.307. The van der Waals surface area contributed by atoms with E-state index in [1.165, 1.54) is 12.1 Å². The zero-order chi connectivity index (χ0) is 16.6. The van der Waals surface area contributed by atoms with Crippen LogP contribution in [-0.2, 0) is 4.79 Å². The van der Waals surface area contributed by atoms with E-state index in [-0.39, 0.29) is 11.5 Å². The quantitative estimate of drug-likeness (QED) is 0.268. The molecule has 21 heavy (non-hydrogen) atoms. The topological polar surface area (TPSA) is 177 Å². The average molecular weight is 297 g/mol. The van der Waals surface area contributed by atoms with Crippen molar-refractivity contribution in [3.05, 3.63) is 33.4 Å². The van der Waals surface area contributed by atoms with Crippen LogP contribution in [0, 0.1) is 17.0 Å². The number of carboxylic acids is 1. The van der Waals surface area contributed by atoms with Crippen LogP contribution in [0.15, 0.2) is 22.3 Å². The van der Waals surface area contributed by atoms with Crippen molar-refractivity contribution in [2.45, 2.75) is 13.8 Å². The number of benzene rings is 1. The summed E-state index contributed by atoms with van der Waals surface area (Å²) in [5, 5.41) is 34.5. The number of nitrogens with zero attached hydrogens (tertiary/aromatic N) is 3. The minimum absolute atomic E-state index is 0.114. The molecule has 0 unspecified atom stereocenters. The molecule has 1 aromatic carbocycles. The highest BCUT2D eigenvalue weighted by molar-refractivity contribution is 5.88.